The molecule has 0 saturated heterocycles. The van der Waals surface area contributed by atoms with Crippen LogP contribution in [0.25, 0.3) is 22.4 Å². The smallest absolute Gasteiger partial charge is 0.0711 e. The fourth-order valence-electron chi connectivity index (χ4n) is 6.13. The van der Waals surface area contributed by atoms with Gasteiger partial charge >= 0.3 is 0 Å². The van der Waals surface area contributed by atoms with Crippen LogP contribution in [-0.4, -0.2) is 11.4 Å². The first-order chi connectivity index (χ1) is 20.8. The summed E-state index contributed by atoms with van der Waals surface area (Å²) < 4.78 is 0. The van der Waals surface area contributed by atoms with Gasteiger partial charge in [-0.05, 0) is 76.1 Å². The predicted octanol–water partition coefficient (Wildman–Crippen LogP) is 10.7. The molecule has 0 aliphatic heterocycles. The Bertz CT molecular complexity index is 1920. The molecular formula is C41H36N2. The van der Waals surface area contributed by atoms with Gasteiger partial charge in [0.15, 0.2) is 0 Å². The molecule has 0 atom stereocenters. The molecule has 5 aromatic rings. The monoisotopic (exact) mass is 556 g/mol. The quantitative estimate of drug-likeness (QED) is 0.178. The Morgan fingerprint density at radius 1 is 0.581 bits per heavy atom. The van der Waals surface area contributed by atoms with Gasteiger partial charge in [0.2, 0.25) is 0 Å². The molecule has 0 saturated carbocycles. The molecule has 0 radical (unpaired) electrons. The summed E-state index contributed by atoms with van der Waals surface area (Å²) in [6.07, 6.45) is 0. The van der Waals surface area contributed by atoms with Crippen LogP contribution in [0.3, 0.4) is 0 Å². The van der Waals surface area contributed by atoms with Gasteiger partial charge in [-0.15, -0.1) is 0 Å². The Kier molecular flexibility index (Phi) is 7.38. The van der Waals surface area contributed by atoms with Crippen LogP contribution >= 0.6 is 0 Å². The van der Waals surface area contributed by atoms with Crippen molar-refractivity contribution in [1.29, 1.82) is 0 Å². The van der Waals surface area contributed by atoms with Crippen LogP contribution in [0, 0.1) is 0 Å². The number of nitrogens with zero attached hydrogens (tertiary/aromatic N) is 2. The SMILES string of the molecule is C=C(/N=C(\C)c1ccccc1)c1ccc2c(c1)C(C)(C)c1cccc(C(=C)c3ccccc3/N=C(\C)c3ccccc3)c1-2. The highest BCUT2D eigenvalue weighted by Gasteiger charge is 2.37. The van der Waals surface area contributed by atoms with E-state index in [0.717, 1.165) is 56.2 Å². The van der Waals surface area contributed by atoms with Crippen molar-refractivity contribution in [2.24, 2.45) is 9.98 Å². The fourth-order valence-corrected chi connectivity index (χ4v) is 6.13. The zero-order chi connectivity index (χ0) is 30.1. The summed E-state index contributed by atoms with van der Waals surface area (Å²) >= 11 is 0. The molecular weight excluding hydrogens is 520 g/mol. The molecule has 0 amide bonds. The molecule has 5 aromatic carbocycles. The molecule has 1 aliphatic rings. The van der Waals surface area contributed by atoms with Gasteiger partial charge in [0.25, 0.3) is 0 Å². The summed E-state index contributed by atoms with van der Waals surface area (Å²) in [5.74, 6) is 0. The third kappa shape index (κ3) is 5.21. The van der Waals surface area contributed by atoms with Crippen molar-refractivity contribution in [1.82, 2.24) is 0 Å². The molecule has 2 heteroatoms. The molecule has 0 fully saturated rings. The maximum absolute atomic E-state index is 5.05. The highest BCUT2D eigenvalue weighted by Crippen LogP contribution is 2.52. The van der Waals surface area contributed by atoms with Gasteiger partial charge in [-0.3, -0.25) is 9.98 Å². The topological polar surface area (TPSA) is 24.7 Å². The fraction of sp³-hybridized carbons (Fsp3) is 0.122. The first kappa shape index (κ1) is 28.1. The molecule has 210 valence electrons. The van der Waals surface area contributed by atoms with E-state index in [-0.39, 0.29) is 5.41 Å². The van der Waals surface area contributed by atoms with Crippen molar-refractivity contribution in [2.45, 2.75) is 33.1 Å². The number of rotatable bonds is 7. The standard InChI is InChI=1S/C41H36N2/c1-27(34-20-13-14-23-39(34)43-29(3)32-18-11-8-12-19-32)35-21-15-22-37-40(35)36-25-24-33(26-38(36)41(37,5)6)30(4)42-28(2)31-16-9-7-10-17-31/h7-26H,1,4H2,2-3,5-6H3/b42-28+,43-29+. The van der Waals surface area contributed by atoms with E-state index in [4.69, 9.17) is 9.98 Å². The van der Waals surface area contributed by atoms with Crippen molar-refractivity contribution >= 4 is 28.4 Å². The van der Waals surface area contributed by atoms with Crippen molar-refractivity contribution < 1.29 is 0 Å². The van der Waals surface area contributed by atoms with Gasteiger partial charge in [-0.25, -0.2) is 0 Å². The van der Waals surface area contributed by atoms with Gasteiger partial charge in [-0.1, -0.05) is 136 Å². The second kappa shape index (κ2) is 11.3. The van der Waals surface area contributed by atoms with Crippen LogP contribution in [0.1, 0.15) is 66.6 Å². The zero-order valence-corrected chi connectivity index (χ0v) is 25.4. The minimum Gasteiger partial charge on any atom is -0.253 e. The maximum atomic E-state index is 5.05. The Balaban J connectivity index is 1.40. The van der Waals surface area contributed by atoms with Crippen LogP contribution in [0.2, 0.25) is 0 Å². The third-order valence-corrected chi connectivity index (χ3v) is 8.56. The van der Waals surface area contributed by atoms with Gasteiger partial charge in [-0.2, -0.15) is 0 Å². The Morgan fingerprint density at radius 2 is 1.19 bits per heavy atom. The summed E-state index contributed by atoms with van der Waals surface area (Å²) in [5, 5.41) is 0. The van der Waals surface area contributed by atoms with Gasteiger partial charge in [0, 0.05) is 22.4 Å². The average Bonchev–Trinajstić information content (AvgIpc) is 3.27. The predicted molar refractivity (Wildman–Crippen MR) is 185 cm³/mol. The lowest BCUT2D eigenvalue weighted by molar-refractivity contribution is 0.660. The van der Waals surface area contributed by atoms with E-state index >= 15 is 0 Å². The first-order valence-corrected chi connectivity index (χ1v) is 14.7. The van der Waals surface area contributed by atoms with Crippen LogP contribution in [0.5, 0.6) is 0 Å². The van der Waals surface area contributed by atoms with E-state index in [2.05, 4.69) is 113 Å². The normalized spacial score (nSPS) is 13.8. The average molecular weight is 557 g/mol. The largest absolute Gasteiger partial charge is 0.253 e. The zero-order valence-electron chi connectivity index (χ0n) is 25.4. The van der Waals surface area contributed by atoms with Gasteiger partial charge in [0.05, 0.1) is 11.4 Å². The van der Waals surface area contributed by atoms with Crippen molar-refractivity contribution in [3.8, 4) is 11.1 Å². The van der Waals surface area contributed by atoms with E-state index in [1.165, 1.54) is 22.3 Å². The molecule has 43 heavy (non-hydrogen) atoms. The highest BCUT2D eigenvalue weighted by atomic mass is 14.8. The summed E-state index contributed by atoms with van der Waals surface area (Å²) in [6.45, 7) is 17.7. The number of hydrogen-bond donors (Lipinski definition) is 0. The van der Waals surface area contributed by atoms with E-state index < -0.39 is 0 Å². The minimum atomic E-state index is -0.184. The number of benzene rings is 5. The van der Waals surface area contributed by atoms with Gasteiger partial charge in [0.1, 0.15) is 0 Å². The Morgan fingerprint density at radius 3 is 1.88 bits per heavy atom. The van der Waals surface area contributed by atoms with Crippen LogP contribution in [0.15, 0.2) is 144 Å². The number of aliphatic imine (C=N–C) groups is 2. The lowest BCUT2D eigenvalue weighted by atomic mass is 9.81. The lowest BCUT2D eigenvalue weighted by Gasteiger charge is -2.22. The molecule has 0 unspecified atom stereocenters. The molecule has 0 heterocycles. The van der Waals surface area contributed by atoms with Crippen molar-refractivity contribution in [3.05, 3.63) is 173 Å². The number of fused-ring (bicyclic) bond motifs is 3. The molecule has 2 nitrogen and oxygen atoms in total. The summed E-state index contributed by atoms with van der Waals surface area (Å²) in [5.41, 5.74) is 14.9. The molecule has 0 bridgehead atoms. The maximum Gasteiger partial charge on any atom is 0.0711 e. The van der Waals surface area contributed by atoms with Crippen molar-refractivity contribution in [3.63, 3.8) is 0 Å². The molecule has 0 aromatic heterocycles. The molecule has 0 spiro atoms. The summed E-state index contributed by atoms with van der Waals surface area (Å²) in [6, 6.07) is 42.1. The third-order valence-electron chi connectivity index (χ3n) is 8.56. The molecule has 1 aliphatic carbocycles. The number of para-hydroxylation sites is 1. The van der Waals surface area contributed by atoms with Crippen LogP contribution in [0.4, 0.5) is 5.69 Å². The van der Waals surface area contributed by atoms with E-state index in [1.807, 2.05) is 49.4 Å². The first-order valence-electron chi connectivity index (χ1n) is 14.7. The van der Waals surface area contributed by atoms with E-state index in [9.17, 15) is 0 Å². The minimum absolute atomic E-state index is 0.184. The second-order valence-electron chi connectivity index (χ2n) is 11.7. The van der Waals surface area contributed by atoms with Gasteiger partial charge < -0.3 is 0 Å². The number of hydrogen-bond acceptors (Lipinski definition) is 2. The van der Waals surface area contributed by atoms with E-state index in [1.54, 1.807) is 0 Å². The molecule has 0 N–H and O–H groups in total. The second-order valence-corrected chi connectivity index (χ2v) is 11.7. The Labute approximate surface area is 255 Å². The summed E-state index contributed by atoms with van der Waals surface area (Å²) in [7, 11) is 0. The summed E-state index contributed by atoms with van der Waals surface area (Å²) in [4.78, 5) is 9.93. The molecule has 6 rings (SSSR count). The van der Waals surface area contributed by atoms with Crippen LogP contribution in [-0.2, 0) is 5.41 Å². The van der Waals surface area contributed by atoms with Crippen molar-refractivity contribution in [2.75, 3.05) is 0 Å². The lowest BCUT2D eigenvalue weighted by Crippen LogP contribution is -2.15. The van der Waals surface area contributed by atoms with E-state index in [0.29, 0.717) is 0 Å². The van der Waals surface area contributed by atoms with Crippen LogP contribution < -0.4 is 0 Å². The highest BCUT2D eigenvalue weighted by molar-refractivity contribution is 6.03. The Hall–Kier alpha value is -5.08.